The van der Waals surface area contributed by atoms with Crippen molar-refractivity contribution in [3.8, 4) is 5.75 Å². The second kappa shape index (κ2) is 7.41. The van der Waals surface area contributed by atoms with Crippen LogP contribution in [0, 0.1) is 10.5 Å². The van der Waals surface area contributed by atoms with Gasteiger partial charge in [-0.05, 0) is 66.6 Å². The number of benzene rings is 1. The first-order chi connectivity index (χ1) is 13.1. The Hall–Kier alpha value is -2.23. The highest BCUT2D eigenvalue weighted by atomic mass is 127. The third-order valence-corrected chi connectivity index (χ3v) is 5.60. The van der Waals surface area contributed by atoms with Crippen molar-refractivity contribution in [3.63, 3.8) is 0 Å². The molecule has 7 nitrogen and oxygen atoms in total. The largest absolute Gasteiger partial charge is 0.496 e. The molecule has 4 rings (SSSR count). The van der Waals surface area contributed by atoms with Gasteiger partial charge in [-0.2, -0.15) is 10.1 Å². The number of halogens is 1. The van der Waals surface area contributed by atoms with Crippen molar-refractivity contribution in [3.05, 3.63) is 51.1 Å². The fourth-order valence-electron chi connectivity index (χ4n) is 3.67. The average molecular weight is 477 g/mol. The number of nitrogens with zero attached hydrogens (tertiary/aromatic N) is 5. The first-order valence-electron chi connectivity index (χ1n) is 8.87. The fourth-order valence-corrected chi connectivity index (χ4v) is 4.16. The van der Waals surface area contributed by atoms with E-state index in [4.69, 9.17) is 4.74 Å². The fraction of sp³-hybridized carbons (Fsp3) is 0.368. The van der Waals surface area contributed by atoms with E-state index >= 15 is 0 Å². The Morgan fingerprint density at radius 1 is 1.33 bits per heavy atom. The van der Waals surface area contributed by atoms with Gasteiger partial charge >= 0.3 is 0 Å². The van der Waals surface area contributed by atoms with Crippen molar-refractivity contribution in [2.75, 3.05) is 20.2 Å². The number of carbonyl (C=O) groups excluding carboxylic acids is 1. The quantitative estimate of drug-likeness (QED) is 0.543. The van der Waals surface area contributed by atoms with Crippen LogP contribution in [0.15, 0.2) is 30.6 Å². The number of methoxy groups -OCH3 is 1. The molecule has 3 heterocycles. The Bertz CT molecular complexity index is 1000. The molecule has 1 unspecified atom stereocenters. The van der Waals surface area contributed by atoms with Gasteiger partial charge in [0.1, 0.15) is 12.1 Å². The summed E-state index contributed by atoms with van der Waals surface area (Å²) in [7, 11) is 1.60. The molecule has 2 aromatic heterocycles. The SMILES string of the molecule is COc1ccc(I)cc1C(=O)N1CCCC(c2cc(C)nc3ncnn23)C1. The zero-order chi connectivity index (χ0) is 19.0. The third kappa shape index (κ3) is 3.50. The van der Waals surface area contributed by atoms with Crippen LogP contribution in [0.3, 0.4) is 0 Å². The van der Waals surface area contributed by atoms with E-state index < -0.39 is 0 Å². The van der Waals surface area contributed by atoms with Crippen LogP contribution in [0.2, 0.25) is 0 Å². The molecule has 0 radical (unpaired) electrons. The number of amides is 1. The molecule has 1 aromatic carbocycles. The van der Waals surface area contributed by atoms with Gasteiger partial charge in [0.05, 0.1) is 18.4 Å². The van der Waals surface area contributed by atoms with Crippen molar-refractivity contribution in [2.45, 2.75) is 25.7 Å². The predicted molar refractivity (Wildman–Crippen MR) is 109 cm³/mol. The lowest BCUT2D eigenvalue weighted by atomic mass is 9.93. The topological polar surface area (TPSA) is 72.6 Å². The van der Waals surface area contributed by atoms with Crippen LogP contribution in [0.5, 0.6) is 5.75 Å². The van der Waals surface area contributed by atoms with Gasteiger partial charge in [-0.25, -0.2) is 9.50 Å². The van der Waals surface area contributed by atoms with Gasteiger partial charge in [-0.3, -0.25) is 4.79 Å². The average Bonchev–Trinajstić information content (AvgIpc) is 3.15. The molecular formula is C19H20IN5O2. The highest BCUT2D eigenvalue weighted by Crippen LogP contribution is 2.30. The van der Waals surface area contributed by atoms with Gasteiger partial charge in [0.2, 0.25) is 0 Å². The number of piperidine rings is 1. The number of fused-ring (bicyclic) bond motifs is 1. The molecule has 27 heavy (non-hydrogen) atoms. The minimum atomic E-state index is 0.00989. The second-order valence-electron chi connectivity index (χ2n) is 6.73. The molecule has 1 amide bonds. The summed E-state index contributed by atoms with van der Waals surface area (Å²) in [6.45, 7) is 3.35. The van der Waals surface area contributed by atoms with E-state index in [0.717, 1.165) is 34.3 Å². The molecule has 8 heteroatoms. The van der Waals surface area contributed by atoms with Crippen LogP contribution in [0.1, 0.15) is 40.5 Å². The standard InChI is InChI=1S/C19H20IN5O2/c1-12-8-16(25-19(23-12)21-11-22-25)13-4-3-7-24(10-13)18(26)15-9-14(20)5-6-17(15)27-2/h5-6,8-9,11,13H,3-4,7,10H2,1-2H3. The molecule has 0 saturated carbocycles. The zero-order valence-electron chi connectivity index (χ0n) is 15.2. The molecule has 1 fully saturated rings. The molecule has 1 atom stereocenters. The highest BCUT2D eigenvalue weighted by Gasteiger charge is 2.29. The van der Waals surface area contributed by atoms with E-state index in [1.165, 1.54) is 6.33 Å². The summed E-state index contributed by atoms with van der Waals surface area (Å²) < 4.78 is 8.21. The number of hydrogen-bond donors (Lipinski definition) is 0. The number of hydrogen-bond acceptors (Lipinski definition) is 5. The van der Waals surface area contributed by atoms with Gasteiger partial charge in [0, 0.05) is 28.3 Å². The Balaban J connectivity index is 1.64. The molecular weight excluding hydrogens is 457 g/mol. The van der Waals surface area contributed by atoms with Crippen molar-refractivity contribution in [1.82, 2.24) is 24.5 Å². The highest BCUT2D eigenvalue weighted by molar-refractivity contribution is 14.1. The van der Waals surface area contributed by atoms with Crippen molar-refractivity contribution < 1.29 is 9.53 Å². The minimum Gasteiger partial charge on any atom is -0.496 e. The van der Waals surface area contributed by atoms with Crippen LogP contribution in [-0.4, -0.2) is 50.6 Å². The third-order valence-electron chi connectivity index (χ3n) is 4.93. The summed E-state index contributed by atoms with van der Waals surface area (Å²) in [4.78, 5) is 23.7. The molecule has 0 spiro atoms. The van der Waals surface area contributed by atoms with E-state index in [1.54, 1.807) is 11.6 Å². The first-order valence-corrected chi connectivity index (χ1v) is 9.95. The molecule has 3 aromatic rings. The van der Waals surface area contributed by atoms with Crippen molar-refractivity contribution in [2.24, 2.45) is 0 Å². The van der Waals surface area contributed by atoms with Gasteiger partial charge in [-0.15, -0.1) is 0 Å². The van der Waals surface area contributed by atoms with E-state index in [-0.39, 0.29) is 11.8 Å². The van der Waals surface area contributed by atoms with Crippen LogP contribution >= 0.6 is 22.6 Å². The van der Waals surface area contributed by atoms with Crippen molar-refractivity contribution in [1.29, 1.82) is 0 Å². The Morgan fingerprint density at radius 2 is 2.19 bits per heavy atom. The normalized spacial score (nSPS) is 17.3. The Morgan fingerprint density at radius 3 is 3.00 bits per heavy atom. The molecule has 1 aliphatic rings. The van der Waals surface area contributed by atoms with E-state index in [1.807, 2.05) is 36.1 Å². The monoisotopic (exact) mass is 477 g/mol. The van der Waals surface area contributed by atoms with Crippen LogP contribution in [-0.2, 0) is 0 Å². The predicted octanol–water partition coefficient (Wildman–Crippen LogP) is 3.07. The lowest BCUT2D eigenvalue weighted by molar-refractivity contribution is 0.0701. The molecule has 0 aliphatic carbocycles. The van der Waals surface area contributed by atoms with E-state index in [2.05, 4.69) is 37.7 Å². The number of rotatable bonds is 3. The maximum absolute atomic E-state index is 13.2. The Kier molecular flexibility index (Phi) is 4.98. The van der Waals surface area contributed by atoms with Crippen LogP contribution in [0.4, 0.5) is 0 Å². The summed E-state index contributed by atoms with van der Waals surface area (Å²) in [5, 5.41) is 4.32. The van der Waals surface area contributed by atoms with Gasteiger partial charge < -0.3 is 9.64 Å². The maximum Gasteiger partial charge on any atom is 0.257 e. The summed E-state index contributed by atoms with van der Waals surface area (Å²) in [5.74, 6) is 1.42. The molecule has 1 saturated heterocycles. The zero-order valence-corrected chi connectivity index (χ0v) is 17.4. The van der Waals surface area contributed by atoms with Crippen LogP contribution in [0.25, 0.3) is 5.78 Å². The van der Waals surface area contributed by atoms with Gasteiger partial charge in [0.25, 0.3) is 11.7 Å². The number of aromatic nitrogens is 4. The molecule has 0 bridgehead atoms. The lowest BCUT2D eigenvalue weighted by Crippen LogP contribution is -2.39. The molecule has 0 N–H and O–H groups in total. The Labute approximate surface area is 170 Å². The minimum absolute atomic E-state index is 0.00989. The molecule has 1 aliphatic heterocycles. The number of aryl methyl sites for hydroxylation is 1. The number of ether oxygens (including phenoxy) is 1. The number of likely N-dealkylation sites (tertiary alicyclic amines) is 1. The van der Waals surface area contributed by atoms with Crippen molar-refractivity contribution >= 4 is 34.3 Å². The summed E-state index contributed by atoms with van der Waals surface area (Å²) in [6, 6.07) is 7.72. The maximum atomic E-state index is 13.2. The van der Waals surface area contributed by atoms with E-state index in [9.17, 15) is 4.79 Å². The van der Waals surface area contributed by atoms with Crippen LogP contribution < -0.4 is 4.74 Å². The molecule has 140 valence electrons. The van der Waals surface area contributed by atoms with Gasteiger partial charge in [0.15, 0.2) is 0 Å². The first kappa shape index (κ1) is 18.1. The summed E-state index contributed by atoms with van der Waals surface area (Å²) >= 11 is 2.22. The lowest BCUT2D eigenvalue weighted by Gasteiger charge is -2.33. The van der Waals surface area contributed by atoms with E-state index in [0.29, 0.717) is 23.6 Å². The summed E-state index contributed by atoms with van der Waals surface area (Å²) in [5.41, 5.74) is 2.58. The summed E-state index contributed by atoms with van der Waals surface area (Å²) in [6.07, 6.45) is 3.47. The second-order valence-corrected chi connectivity index (χ2v) is 7.97. The smallest absolute Gasteiger partial charge is 0.257 e. The number of carbonyl (C=O) groups is 1. The van der Waals surface area contributed by atoms with Gasteiger partial charge in [-0.1, -0.05) is 0 Å².